The number of rotatable bonds is 3. The highest BCUT2D eigenvalue weighted by molar-refractivity contribution is 5.95. The normalized spacial score (nSPS) is 10.7. The molecular formula is C16H12N2O3. The van der Waals surface area contributed by atoms with Gasteiger partial charge >= 0.3 is 5.97 Å². The first-order chi connectivity index (χ1) is 10.0. The zero-order valence-corrected chi connectivity index (χ0v) is 11.3. The molecule has 5 heteroatoms. The smallest absolute Gasteiger partial charge is 0.356 e. The Morgan fingerprint density at radius 1 is 1.10 bits per heavy atom. The topological polar surface area (TPSA) is 71.7 Å². The summed E-state index contributed by atoms with van der Waals surface area (Å²) in [6.07, 6.45) is 3.27. The van der Waals surface area contributed by atoms with Crippen molar-refractivity contribution in [3.8, 4) is 11.1 Å². The summed E-state index contributed by atoms with van der Waals surface area (Å²) in [5, 5.41) is 8.96. The lowest BCUT2D eigenvalue weighted by atomic mass is 10.0. The van der Waals surface area contributed by atoms with Crippen LogP contribution in [0.1, 0.15) is 27.8 Å². The van der Waals surface area contributed by atoms with Gasteiger partial charge in [0.2, 0.25) is 0 Å². The second kappa shape index (κ2) is 4.86. The first kappa shape index (κ1) is 13.1. The molecule has 5 nitrogen and oxygen atoms in total. The Labute approximate surface area is 120 Å². The van der Waals surface area contributed by atoms with Crippen LogP contribution in [-0.4, -0.2) is 26.2 Å². The second-order valence-electron chi connectivity index (χ2n) is 4.75. The Balaban J connectivity index is 2.10. The highest BCUT2D eigenvalue weighted by Crippen LogP contribution is 2.21. The van der Waals surface area contributed by atoms with Gasteiger partial charge in [0.15, 0.2) is 11.5 Å². The number of fused-ring (bicyclic) bond motifs is 1. The molecular weight excluding hydrogens is 268 g/mol. The Hall–Kier alpha value is -2.95. The van der Waals surface area contributed by atoms with E-state index in [4.69, 9.17) is 5.11 Å². The number of pyridine rings is 1. The summed E-state index contributed by atoms with van der Waals surface area (Å²) >= 11 is 0. The van der Waals surface area contributed by atoms with Gasteiger partial charge in [0, 0.05) is 18.0 Å². The lowest BCUT2D eigenvalue weighted by Gasteiger charge is -2.04. The van der Waals surface area contributed by atoms with Gasteiger partial charge in [0.05, 0.1) is 0 Å². The average Bonchev–Trinajstić information content (AvgIpc) is 2.90. The molecule has 21 heavy (non-hydrogen) atoms. The van der Waals surface area contributed by atoms with Crippen LogP contribution in [0, 0.1) is 0 Å². The predicted molar refractivity (Wildman–Crippen MR) is 77.6 cm³/mol. The summed E-state index contributed by atoms with van der Waals surface area (Å²) in [6.45, 7) is 1.53. The Morgan fingerprint density at radius 3 is 2.62 bits per heavy atom. The number of hydrogen-bond acceptors (Lipinski definition) is 3. The van der Waals surface area contributed by atoms with Crippen LogP contribution in [0.5, 0.6) is 0 Å². The van der Waals surface area contributed by atoms with Crippen molar-refractivity contribution in [3.05, 3.63) is 60.0 Å². The second-order valence-corrected chi connectivity index (χ2v) is 4.75. The lowest BCUT2D eigenvalue weighted by molar-refractivity contribution is 0.0691. The number of aromatic carboxylic acids is 1. The Kier molecular flexibility index (Phi) is 3.02. The lowest BCUT2D eigenvalue weighted by Crippen LogP contribution is -1.94. The van der Waals surface area contributed by atoms with Gasteiger partial charge < -0.3 is 9.51 Å². The van der Waals surface area contributed by atoms with Gasteiger partial charge in [0.1, 0.15) is 5.65 Å². The predicted octanol–water partition coefficient (Wildman–Crippen LogP) is 2.90. The quantitative estimate of drug-likeness (QED) is 0.749. The van der Waals surface area contributed by atoms with Gasteiger partial charge in [0.25, 0.3) is 0 Å². The minimum absolute atomic E-state index is 0.00429. The van der Waals surface area contributed by atoms with E-state index in [1.807, 2.05) is 24.3 Å². The van der Waals surface area contributed by atoms with Gasteiger partial charge in [-0.05, 0) is 36.2 Å². The third-order valence-electron chi connectivity index (χ3n) is 3.27. The van der Waals surface area contributed by atoms with Gasteiger partial charge in [-0.3, -0.25) is 4.79 Å². The van der Waals surface area contributed by atoms with Crippen LogP contribution in [0.25, 0.3) is 16.8 Å². The molecule has 1 N–H and O–H groups in total. The van der Waals surface area contributed by atoms with E-state index in [1.54, 1.807) is 22.7 Å². The number of carbonyl (C=O) groups excluding carboxylic acids is 1. The van der Waals surface area contributed by atoms with E-state index in [0.717, 1.165) is 11.1 Å². The third kappa shape index (κ3) is 2.41. The van der Waals surface area contributed by atoms with Crippen molar-refractivity contribution in [3.63, 3.8) is 0 Å². The summed E-state index contributed by atoms with van der Waals surface area (Å²) in [7, 11) is 0. The number of ketones is 1. The van der Waals surface area contributed by atoms with Crippen molar-refractivity contribution in [2.45, 2.75) is 6.92 Å². The maximum Gasteiger partial charge on any atom is 0.356 e. The molecule has 0 aliphatic heterocycles. The number of carboxylic acids is 1. The van der Waals surface area contributed by atoms with Crippen molar-refractivity contribution in [2.24, 2.45) is 0 Å². The summed E-state index contributed by atoms with van der Waals surface area (Å²) in [4.78, 5) is 26.4. The molecule has 0 radical (unpaired) electrons. The van der Waals surface area contributed by atoms with Gasteiger partial charge in [-0.25, -0.2) is 9.78 Å². The molecule has 0 atom stereocenters. The molecule has 1 aromatic carbocycles. The molecule has 0 unspecified atom stereocenters. The first-order valence-electron chi connectivity index (χ1n) is 6.38. The highest BCUT2D eigenvalue weighted by Gasteiger charge is 2.09. The maximum absolute atomic E-state index is 11.4. The number of hydrogen-bond donors (Lipinski definition) is 1. The number of aromatic nitrogens is 2. The number of benzene rings is 1. The van der Waals surface area contributed by atoms with Crippen molar-refractivity contribution >= 4 is 17.4 Å². The number of Topliss-reactive ketones (excluding diaryl/α,β-unsaturated/α-hetero) is 1. The van der Waals surface area contributed by atoms with Crippen LogP contribution in [0.4, 0.5) is 0 Å². The van der Waals surface area contributed by atoms with E-state index in [2.05, 4.69) is 4.98 Å². The summed E-state index contributed by atoms with van der Waals surface area (Å²) in [5.41, 5.74) is 3.00. The molecule has 0 fully saturated rings. The van der Waals surface area contributed by atoms with E-state index in [-0.39, 0.29) is 11.5 Å². The third-order valence-corrected chi connectivity index (χ3v) is 3.27. The van der Waals surface area contributed by atoms with Crippen molar-refractivity contribution < 1.29 is 14.7 Å². The van der Waals surface area contributed by atoms with Gasteiger partial charge in [-0.2, -0.15) is 0 Å². The van der Waals surface area contributed by atoms with Crippen LogP contribution >= 0.6 is 0 Å². The van der Waals surface area contributed by atoms with Crippen molar-refractivity contribution in [1.29, 1.82) is 0 Å². The zero-order chi connectivity index (χ0) is 15.0. The molecule has 3 aromatic rings. The maximum atomic E-state index is 11.4. The molecule has 104 valence electrons. The number of carbonyl (C=O) groups is 2. The minimum atomic E-state index is -1.06. The van der Waals surface area contributed by atoms with E-state index in [0.29, 0.717) is 11.2 Å². The fraction of sp³-hybridized carbons (Fsp3) is 0.0625. The fourth-order valence-electron chi connectivity index (χ4n) is 2.18. The van der Waals surface area contributed by atoms with E-state index >= 15 is 0 Å². The molecule has 3 rings (SSSR count). The molecule has 0 aliphatic carbocycles. The molecule has 0 saturated heterocycles. The molecule has 0 saturated carbocycles. The van der Waals surface area contributed by atoms with Gasteiger partial charge in [-0.1, -0.05) is 18.2 Å². The monoisotopic (exact) mass is 280 g/mol. The molecule has 2 aromatic heterocycles. The van der Waals surface area contributed by atoms with E-state index in [9.17, 15) is 9.59 Å². The molecule has 2 heterocycles. The van der Waals surface area contributed by atoms with Crippen molar-refractivity contribution in [2.75, 3.05) is 0 Å². The molecule has 0 aliphatic rings. The van der Waals surface area contributed by atoms with Gasteiger partial charge in [-0.15, -0.1) is 0 Å². The Bertz CT molecular complexity index is 865. The van der Waals surface area contributed by atoms with Crippen LogP contribution in [0.3, 0.4) is 0 Å². The van der Waals surface area contributed by atoms with Crippen LogP contribution in [0.15, 0.2) is 48.8 Å². The van der Waals surface area contributed by atoms with Crippen LogP contribution in [0.2, 0.25) is 0 Å². The van der Waals surface area contributed by atoms with Crippen LogP contribution < -0.4 is 0 Å². The number of carboxylic acid groups (broad SMARTS) is 1. The van der Waals surface area contributed by atoms with Crippen LogP contribution in [-0.2, 0) is 0 Å². The van der Waals surface area contributed by atoms with E-state index < -0.39 is 5.97 Å². The summed E-state index contributed by atoms with van der Waals surface area (Å²) in [6, 6.07) is 10.9. The SMILES string of the molecule is CC(=O)c1cccc(-c2ccc3nc(C(=O)O)cn3c2)c1. The Morgan fingerprint density at radius 2 is 1.90 bits per heavy atom. The summed E-state index contributed by atoms with van der Waals surface area (Å²) < 4.78 is 1.67. The average molecular weight is 280 g/mol. The minimum Gasteiger partial charge on any atom is -0.476 e. The largest absolute Gasteiger partial charge is 0.476 e. The fourth-order valence-corrected chi connectivity index (χ4v) is 2.18. The first-order valence-corrected chi connectivity index (χ1v) is 6.38. The van der Waals surface area contributed by atoms with Crippen molar-refractivity contribution in [1.82, 2.24) is 9.38 Å². The number of imidazole rings is 1. The molecule has 0 bridgehead atoms. The highest BCUT2D eigenvalue weighted by atomic mass is 16.4. The summed E-state index contributed by atoms with van der Waals surface area (Å²) in [5.74, 6) is -1.05. The zero-order valence-electron chi connectivity index (χ0n) is 11.3. The molecule has 0 amide bonds. The standard InChI is InChI=1S/C16H12N2O3/c1-10(19)11-3-2-4-12(7-11)13-5-6-15-17-14(16(20)21)9-18(15)8-13/h2-9H,1H3,(H,20,21). The number of nitrogens with zero attached hydrogens (tertiary/aromatic N) is 2. The molecule has 0 spiro atoms. The van der Waals surface area contributed by atoms with E-state index in [1.165, 1.54) is 13.1 Å².